The number of aryl methyl sites for hydroxylation is 1. The molecule has 0 saturated carbocycles. The fraction of sp³-hybridized carbons (Fsp3) is 0.611. The van der Waals surface area contributed by atoms with Gasteiger partial charge in [-0.2, -0.15) is 0 Å². The van der Waals surface area contributed by atoms with Crippen LogP contribution in [0.4, 0.5) is 4.39 Å². The largest absolute Gasteiger partial charge is 0.355 e. The van der Waals surface area contributed by atoms with Crippen LogP contribution in [0.1, 0.15) is 24.1 Å². The van der Waals surface area contributed by atoms with E-state index in [1.54, 1.807) is 20.0 Å². The van der Waals surface area contributed by atoms with E-state index >= 15 is 0 Å². The second-order valence-corrected chi connectivity index (χ2v) is 6.72. The summed E-state index contributed by atoms with van der Waals surface area (Å²) in [5.74, 6) is 0.570. The molecule has 1 aromatic rings. The van der Waals surface area contributed by atoms with Crippen molar-refractivity contribution in [2.45, 2.75) is 25.9 Å². The lowest BCUT2D eigenvalue weighted by Crippen LogP contribution is -2.55. The number of aliphatic imine (C=N–C) groups is 1. The normalized spacial score (nSPS) is 20.7. The molecular weight excluding hydrogens is 432 g/mol. The summed E-state index contributed by atoms with van der Waals surface area (Å²) in [5.41, 5.74) is 1.58. The Morgan fingerprint density at radius 1 is 1.36 bits per heavy atom. The molecule has 2 rings (SSSR count). The van der Waals surface area contributed by atoms with Crippen LogP contribution in [0.2, 0.25) is 0 Å². The Balaban J connectivity index is 0.00000312. The van der Waals surface area contributed by atoms with Crippen LogP contribution in [0.3, 0.4) is 0 Å². The van der Waals surface area contributed by atoms with Crippen molar-refractivity contribution in [1.82, 2.24) is 20.4 Å². The standard InChI is InChI=1S/C18H30FN5.HI/c1-13-6-7-15(10-17(13)19)14(2)22-18(20-3)21-11-16-12-23(4)8-9-24(16)5;/h6-7,10,14,16H,8-9,11-12H2,1-5H3,(H2,20,21,22);1H. The lowest BCUT2D eigenvalue weighted by Gasteiger charge is -2.38. The molecule has 1 aliphatic heterocycles. The van der Waals surface area contributed by atoms with E-state index in [0.29, 0.717) is 11.6 Å². The highest BCUT2D eigenvalue weighted by atomic mass is 127. The number of piperazine rings is 1. The highest BCUT2D eigenvalue weighted by Crippen LogP contribution is 2.16. The molecule has 1 saturated heterocycles. The maximum Gasteiger partial charge on any atom is 0.191 e. The Bertz CT molecular complexity index is 581. The highest BCUT2D eigenvalue weighted by Gasteiger charge is 2.22. The Kier molecular flexibility index (Phi) is 9.09. The third-order valence-electron chi connectivity index (χ3n) is 4.76. The number of nitrogens with one attached hydrogen (secondary N) is 2. The van der Waals surface area contributed by atoms with Crippen LogP contribution in [0.5, 0.6) is 0 Å². The zero-order valence-electron chi connectivity index (χ0n) is 15.8. The van der Waals surface area contributed by atoms with Gasteiger partial charge in [-0.05, 0) is 45.1 Å². The van der Waals surface area contributed by atoms with Gasteiger partial charge in [-0.25, -0.2) is 4.39 Å². The van der Waals surface area contributed by atoms with E-state index in [4.69, 9.17) is 0 Å². The first-order valence-electron chi connectivity index (χ1n) is 8.52. The zero-order valence-corrected chi connectivity index (χ0v) is 18.2. The Labute approximate surface area is 168 Å². The fourth-order valence-corrected chi connectivity index (χ4v) is 2.90. The minimum atomic E-state index is -0.170. The number of rotatable bonds is 4. The van der Waals surface area contributed by atoms with Gasteiger partial charge in [-0.1, -0.05) is 12.1 Å². The van der Waals surface area contributed by atoms with Gasteiger partial charge in [0.05, 0.1) is 6.04 Å². The summed E-state index contributed by atoms with van der Waals surface area (Å²) in [5, 5.41) is 6.73. The molecule has 2 unspecified atom stereocenters. The lowest BCUT2D eigenvalue weighted by atomic mass is 10.1. The summed E-state index contributed by atoms with van der Waals surface area (Å²) in [7, 11) is 6.07. The van der Waals surface area contributed by atoms with Crippen LogP contribution in [-0.2, 0) is 0 Å². The van der Waals surface area contributed by atoms with Crippen LogP contribution in [0.25, 0.3) is 0 Å². The molecule has 25 heavy (non-hydrogen) atoms. The van der Waals surface area contributed by atoms with E-state index in [2.05, 4.69) is 39.5 Å². The molecule has 1 aromatic carbocycles. The number of guanidine groups is 1. The third kappa shape index (κ3) is 6.38. The maximum absolute atomic E-state index is 13.7. The zero-order chi connectivity index (χ0) is 17.7. The molecule has 1 heterocycles. The van der Waals surface area contributed by atoms with Gasteiger partial charge in [0.1, 0.15) is 5.82 Å². The molecule has 0 bridgehead atoms. The minimum absolute atomic E-state index is 0. The van der Waals surface area contributed by atoms with E-state index < -0.39 is 0 Å². The van der Waals surface area contributed by atoms with E-state index in [-0.39, 0.29) is 35.8 Å². The van der Waals surface area contributed by atoms with E-state index in [0.717, 1.165) is 37.7 Å². The monoisotopic (exact) mass is 463 g/mol. The van der Waals surface area contributed by atoms with Crippen LogP contribution in [-0.4, -0.2) is 69.1 Å². The first kappa shape index (κ1) is 22.1. The fourth-order valence-electron chi connectivity index (χ4n) is 2.90. The number of benzene rings is 1. The predicted octanol–water partition coefficient (Wildman–Crippen LogP) is 2.22. The second kappa shape index (κ2) is 10.3. The maximum atomic E-state index is 13.7. The first-order chi connectivity index (χ1) is 11.4. The van der Waals surface area contributed by atoms with Crippen molar-refractivity contribution in [1.29, 1.82) is 0 Å². The van der Waals surface area contributed by atoms with E-state index in [9.17, 15) is 4.39 Å². The Hall–Kier alpha value is -0.930. The summed E-state index contributed by atoms with van der Waals surface area (Å²) in [4.78, 5) is 9.01. The van der Waals surface area contributed by atoms with Gasteiger partial charge in [-0.15, -0.1) is 24.0 Å². The number of nitrogens with zero attached hydrogens (tertiary/aromatic N) is 3. The molecule has 1 fully saturated rings. The number of hydrogen-bond acceptors (Lipinski definition) is 3. The average molecular weight is 463 g/mol. The van der Waals surface area contributed by atoms with Crippen LogP contribution in [0.15, 0.2) is 23.2 Å². The number of halogens is 2. The van der Waals surface area contributed by atoms with Crippen molar-refractivity contribution in [3.63, 3.8) is 0 Å². The molecule has 2 atom stereocenters. The van der Waals surface area contributed by atoms with E-state index in [1.165, 1.54) is 0 Å². The number of likely N-dealkylation sites (N-methyl/N-ethyl adjacent to an activating group) is 2. The summed E-state index contributed by atoms with van der Waals surface area (Å²) in [6, 6.07) is 5.79. The number of hydrogen-bond donors (Lipinski definition) is 2. The van der Waals surface area contributed by atoms with Crippen molar-refractivity contribution in [2.75, 3.05) is 47.3 Å². The highest BCUT2D eigenvalue weighted by molar-refractivity contribution is 14.0. The summed E-state index contributed by atoms with van der Waals surface area (Å²) >= 11 is 0. The van der Waals surface area contributed by atoms with Gasteiger partial charge in [0.25, 0.3) is 0 Å². The van der Waals surface area contributed by atoms with Crippen molar-refractivity contribution in [2.24, 2.45) is 4.99 Å². The van der Waals surface area contributed by atoms with Gasteiger partial charge in [-0.3, -0.25) is 9.89 Å². The van der Waals surface area contributed by atoms with Gasteiger partial charge >= 0.3 is 0 Å². The Morgan fingerprint density at radius 2 is 2.08 bits per heavy atom. The van der Waals surface area contributed by atoms with Crippen molar-refractivity contribution in [3.8, 4) is 0 Å². The SMILES string of the molecule is CN=C(NCC1CN(C)CCN1C)NC(C)c1ccc(C)c(F)c1.I. The second-order valence-electron chi connectivity index (χ2n) is 6.72. The van der Waals surface area contributed by atoms with Gasteiger partial charge in [0.15, 0.2) is 5.96 Å². The quantitative estimate of drug-likeness (QED) is 0.409. The lowest BCUT2D eigenvalue weighted by molar-refractivity contribution is 0.116. The predicted molar refractivity (Wildman–Crippen MR) is 113 cm³/mol. The van der Waals surface area contributed by atoms with Crippen molar-refractivity contribution >= 4 is 29.9 Å². The molecule has 0 radical (unpaired) electrons. The summed E-state index contributed by atoms with van der Waals surface area (Å²) in [6.07, 6.45) is 0. The van der Waals surface area contributed by atoms with Gasteiger partial charge < -0.3 is 15.5 Å². The summed E-state index contributed by atoms with van der Waals surface area (Å²) in [6.45, 7) is 7.84. The van der Waals surface area contributed by atoms with Crippen molar-refractivity contribution < 1.29 is 4.39 Å². The Morgan fingerprint density at radius 3 is 2.72 bits per heavy atom. The molecule has 7 heteroatoms. The van der Waals surface area contributed by atoms with Crippen LogP contribution >= 0.6 is 24.0 Å². The van der Waals surface area contributed by atoms with Crippen LogP contribution < -0.4 is 10.6 Å². The molecular formula is C18H31FIN5. The van der Waals surface area contributed by atoms with Gasteiger partial charge in [0, 0.05) is 39.3 Å². The van der Waals surface area contributed by atoms with Gasteiger partial charge in [0.2, 0.25) is 0 Å². The summed E-state index contributed by atoms with van der Waals surface area (Å²) < 4.78 is 13.7. The molecule has 0 aromatic heterocycles. The minimum Gasteiger partial charge on any atom is -0.355 e. The van der Waals surface area contributed by atoms with Crippen molar-refractivity contribution in [3.05, 3.63) is 35.1 Å². The molecule has 5 nitrogen and oxygen atoms in total. The first-order valence-corrected chi connectivity index (χ1v) is 8.52. The van der Waals surface area contributed by atoms with E-state index in [1.807, 2.05) is 19.1 Å². The molecule has 142 valence electrons. The molecule has 0 amide bonds. The van der Waals surface area contributed by atoms with Crippen LogP contribution in [0, 0.1) is 12.7 Å². The smallest absolute Gasteiger partial charge is 0.191 e. The molecule has 0 aliphatic carbocycles. The molecule has 1 aliphatic rings. The third-order valence-corrected chi connectivity index (χ3v) is 4.76. The average Bonchev–Trinajstić information content (AvgIpc) is 2.56. The molecule has 2 N–H and O–H groups in total. The molecule has 0 spiro atoms. The topological polar surface area (TPSA) is 42.9 Å².